The maximum Gasteiger partial charge on any atom is 0.338 e. The highest BCUT2D eigenvalue weighted by atomic mass is 16.5. The molecule has 1 N–H and O–H groups in total. The molecule has 0 aliphatic rings. The topological polar surface area (TPSA) is 75.7 Å². The van der Waals surface area contributed by atoms with Gasteiger partial charge in [0.15, 0.2) is 0 Å². The number of benzene rings is 2. The number of para-hydroxylation sites is 1. The molecule has 29 heavy (non-hydrogen) atoms. The number of ether oxygens (including phenoxy) is 1. The van der Waals surface area contributed by atoms with Crippen molar-refractivity contribution in [3.63, 3.8) is 0 Å². The first kappa shape index (κ1) is 22.1. The Hall–Kier alpha value is -3.15. The molecule has 0 spiro atoms. The van der Waals surface area contributed by atoms with E-state index in [0.29, 0.717) is 24.3 Å². The molecular weight excluding hydrogens is 368 g/mol. The van der Waals surface area contributed by atoms with E-state index in [1.807, 2.05) is 37.3 Å². The van der Waals surface area contributed by atoms with Crippen LogP contribution in [0.2, 0.25) is 0 Å². The minimum atomic E-state index is -0.399. The minimum Gasteiger partial charge on any atom is -0.462 e. The second-order valence-corrected chi connectivity index (χ2v) is 6.76. The molecule has 6 heteroatoms. The Morgan fingerprint density at radius 2 is 1.72 bits per heavy atom. The number of nitrogens with zero attached hydrogens (tertiary/aromatic N) is 1. The molecule has 0 saturated carbocycles. The molecule has 0 radical (unpaired) electrons. The van der Waals surface area contributed by atoms with Crippen LogP contribution in [0.4, 0.5) is 11.4 Å². The zero-order chi connectivity index (χ0) is 21.1. The van der Waals surface area contributed by atoms with Crippen LogP contribution in [0.25, 0.3) is 0 Å². The number of carbonyl (C=O) groups is 3. The molecule has 0 atom stereocenters. The summed E-state index contributed by atoms with van der Waals surface area (Å²) in [6.07, 6.45) is 2.72. The molecule has 154 valence electrons. The van der Waals surface area contributed by atoms with Crippen molar-refractivity contribution in [1.82, 2.24) is 0 Å². The molecule has 0 bridgehead atoms. The molecule has 6 nitrogen and oxygen atoms in total. The van der Waals surface area contributed by atoms with E-state index < -0.39 is 5.97 Å². The number of esters is 1. The van der Waals surface area contributed by atoms with Crippen LogP contribution in [0.5, 0.6) is 0 Å². The summed E-state index contributed by atoms with van der Waals surface area (Å²) < 4.78 is 5.18. The Bertz CT molecular complexity index is 821. The fourth-order valence-corrected chi connectivity index (χ4v) is 2.70. The average Bonchev–Trinajstić information content (AvgIpc) is 2.74. The SMILES string of the molecule is CCCCOC(=O)c1cccc(NC(=O)CCCC(=O)N(C)c2ccccc2)c1. The second-order valence-electron chi connectivity index (χ2n) is 6.76. The monoisotopic (exact) mass is 396 g/mol. The third kappa shape index (κ3) is 7.41. The van der Waals surface area contributed by atoms with Gasteiger partial charge in [0.05, 0.1) is 12.2 Å². The Kier molecular flexibility index (Phi) is 8.89. The molecule has 2 aromatic rings. The zero-order valence-corrected chi connectivity index (χ0v) is 17.0. The molecule has 0 saturated heterocycles. The molecule has 0 unspecified atom stereocenters. The summed E-state index contributed by atoms with van der Waals surface area (Å²) in [7, 11) is 1.73. The summed E-state index contributed by atoms with van der Waals surface area (Å²) in [5, 5.41) is 2.77. The van der Waals surface area contributed by atoms with Crippen LogP contribution in [0.3, 0.4) is 0 Å². The third-order valence-electron chi connectivity index (χ3n) is 4.43. The Morgan fingerprint density at radius 3 is 2.45 bits per heavy atom. The fourth-order valence-electron chi connectivity index (χ4n) is 2.70. The van der Waals surface area contributed by atoms with Crippen LogP contribution in [0.15, 0.2) is 54.6 Å². The quantitative estimate of drug-likeness (QED) is 0.477. The molecule has 0 aliphatic carbocycles. The van der Waals surface area contributed by atoms with Gasteiger partial charge in [-0.1, -0.05) is 37.6 Å². The highest BCUT2D eigenvalue weighted by Gasteiger charge is 2.12. The lowest BCUT2D eigenvalue weighted by atomic mass is 10.1. The summed E-state index contributed by atoms with van der Waals surface area (Å²) >= 11 is 0. The Morgan fingerprint density at radius 1 is 0.966 bits per heavy atom. The van der Waals surface area contributed by atoms with Gasteiger partial charge < -0.3 is 15.0 Å². The number of nitrogens with one attached hydrogen (secondary N) is 1. The van der Waals surface area contributed by atoms with Crippen molar-refractivity contribution in [3.8, 4) is 0 Å². The van der Waals surface area contributed by atoms with Gasteiger partial charge in [-0.3, -0.25) is 9.59 Å². The first-order valence-corrected chi connectivity index (χ1v) is 9.90. The number of unbranched alkanes of at least 4 members (excludes halogenated alkanes) is 1. The highest BCUT2D eigenvalue weighted by Crippen LogP contribution is 2.15. The van der Waals surface area contributed by atoms with Gasteiger partial charge in [0.2, 0.25) is 11.8 Å². The van der Waals surface area contributed by atoms with Gasteiger partial charge in [0.25, 0.3) is 0 Å². The summed E-state index contributed by atoms with van der Waals surface area (Å²) in [4.78, 5) is 38.0. The van der Waals surface area contributed by atoms with Gasteiger partial charge in [-0.2, -0.15) is 0 Å². The molecule has 0 heterocycles. The number of hydrogen-bond donors (Lipinski definition) is 1. The van der Waals surface area contributed by atoms with Gasteiger partial charge in [-0.25, -0.2) is 4.79 Å². The Labute approximate surface area is 171 Å². The molecule has 2 aromatic carbocycles. The maximum absolute atomic E-state index is 12.3. The maximum atomic E-state index is 12.3. The van der Waals surface area contributed by atoms with Crippen molar-refractivity contribution in [2.75, 3.05) is 23.9 Å². The van der Waals surface area contributed by atoms with Crippen LogP contribution in [-0.2, 0) is 14.3 Å². The zero-order valence-electron chi connectivity index (χ0n) is 17.0. The molecule has 2 rings (SSSR count). The largest absolute Gasteiger partial charge is 0.462 e. The van der Waals surface area contributed by atoms with E-state index in [0.717, 1.165) is 18.5 Å². The van der Waals surface area contributed by atoms with E-state index in [1.54, 1.807) is 36.2 Å². The fraction of sp³-hybridized carbons (Fsp3) is 0.348. The molecule has 2 amide bonds. The summed E-state index contributed by atoms with van der Waals surface area (Å²) in [6.45, 7) is 2.41. The van der Waals surface area contributed by atoms with Gasteiger partial charge >= 0.3 is 5.97 Å². The number of hydrogen-bond acceptors (Lipinski definition) is 4. The van der Waals surface area contributed by atoms with E-state index in [2.05, 4.69) is 5.32 Å². The van der Waals surface area contributed by atoms with Crippen LogP contribution >= 0.6 is 0 Å². The van der Waals surface area contributed by atoms with Crippen LogP contribution in [0, 0.1) is 0 Å². The smallest absolute Gasteiger partial charge is 0.338 e. The Balaban J connectivity index is 1.78. The van der Waals surface area contributed by atoms with Gasteiger partial charge in [0.1, 0.15) is 0 Å². The van der Waals surface area contributed by atoms with E-state index >= 15 is 0 Å². The summed E-state index contributed by atoms with van der Waals surface area (Å²) in [6, 6.07) is 16.0. The standard InChI is InChI=1S/C23H28N2O4/c1-3-4-16-29-23(28)18-10-8-11-19(17-18)24-21(26)14-9-15-22(27)25(2)20-12-6-5-7-13-20/h5-8,10-13,17H,3-4,9,14-16H2,1-2H3,(H,24,26). The van der Waals surface area contributed by atoms with E-state index in [4.69, 9.17) is 4.74 Å². The first-order valence-electron chi connectivity index (χ1n) is 9.90. The lowest BCUT2D eigenvalue weighted by Gasteiger charge is -2.17. The second kappa shape index (κ2) is 11.6. The lowest BCUT2D eigenvalue weighted by molar-refractivity contribution is -0.118. The van der Waals surface area contributed by atoms with E-state index in [-0.39, 0.29) is 24.7 Å². The van der Waals surface area contributed by atoms with Crippen molar-refractivity contribution < 1.29 is 19.1 Å². The van der Waals surface area contributed by atoms with E-state index in [9.17, 15) is 14.4 Å². The molecule has 0 aliphatic heterocycles. The number of anilines is 2. The molecule has 0 fully saturated rings. The van der Waals surface area contributed by atoms with Crippen molar-refractivity contribution >= 4 is 29.2 Å². The summed E-state index contributed by atoms with van der Waals surface area (Å²) in [5.74, 6) is -0.637. The normalized spacial score (nSPS) is 10.3. The van der Waals surface area contributed by atoms with Crippen molar-refractivity contribution in [2.24, 2.45) is 0 Å². The number of amides is 2. The van der Waals surface area contributed by atoms with E-state index in [1.165, 1.54) is 0 Å². The first-order chi connectivity index (χ1) is 14.0. The predicted molar refractivity (Wildman–Crippen MR) is 114 cm³/mol. The molecule has 0 aromatic heterocycles. The number of rotatable bonds is 10. The average molecular weight is 396 g/mol. The number of carbonyl (C=O) groups excluding carboxylic acids is 3. The lowest BCUT2D eigenvalue weighted by Crippen LogP contribution is -2.26. The van der Waals surface area contributed by atoms with Gasteiger partial charge in [0, 0.05) is 31.3 Å². The van der Waals surface area contributed by atoms with Gasteiger partial charge in [-0.05, 0) is 43.2 Å². The van der Waals surface area contributed by atoms with Crippen molar-refractivity contribution in [3.05, 3.63) is 60.2 Å². The van der Waals surface area contributed by atoms with Crippen molar-refractivity contribution in [1.29, 1.82) is 0 Å². The predicted octanol–water partition coefficient (Wildman–Crippen LogP) is 4.42. The van der Waals surface area contributed by atoms with Crippen LogP contribution in [0.1, 0.15) is 49.4 Å². The summed E-state index contributed by atoms with van der Waals surface area (Å²) in [5.41, 5.74) is 1.76. The highest BCUT2D eigenvalue weighted by molar-refractivity contribution is 5.95. The minimum absolute atomic E-state index is 0.0409. The molecular formula is C23H28N2O4. The van der Waals surface area contributed by atoms with Crippen LogP contribution < -0.4 is 10.2 Å². The van der Waals surface area contributed by atoms with Gasteiger partial charge in [-0.15, -0.1) is 0 Å². The van der Waals surface area contributed by atoms with Crippen molar-refractivity contribution in [2.45, 2.75) is 39.0 Å². The third-order valence-corrected chi connectivity index (χ3v) is 4.43. The van der Waals surface area contributed by atoms with Crippen LogP contribution in [-0.4, -0.2) is 31.4 Å².